The Morgan fingerprint density at radius 2 is 1.83 bits per heavy atom. The van der Waals surface area contributed by atoms with Gasteiger partial charge < -0.3 is 20.9 Å². The van der Waals surface area contributed by atoms with Crippen LogP contribution in [-0.2, 0) is 4.74 Å². The van der Waals surface area contributed by atoms with E-state index in [-0.39, 0.29) is 6.04 Å². The summed E-state index contributed by atoms with van der Waals surface area (Å²) in [6, 6.07) is -0.0953. The van der Waals surface area contributed by atoms with Gasteiger partial charge in [-0.3, -0.25) is 0 Å². The maximum Gasteiger partial charge on any atom is 0.0822 e. The van der Waals surface area contributed by atoms with Gasteiger partial charge in [0.2, 0.25) is 0 Å². The van der Waals surface area contributed by atoms with Crippen molar-refractivity contribution in [3.63, 3.8) is 0 Å². The molecule has 3 unspecified atom stereocenters. The number of nitrogens with one attached hydrogen (secondary N) is 1. The van der Waals surface area contributed by atoms with Gasteiger partial charge in [0.15, 0.2) is 0 Å². The largest absolute Gasteiger partial charge is 0.388 e. The molecule has 0 amide bonds. The minimum atomic E-state index is -0.657. The van der Waals surface area contributed by atoms with Gasteiger partial charge in [-0.15, -0.1) is 0 Å². The van der Waals surface area contributed by atoms with Gasteiger partial charge in [-0.05, 0) is 65.0 Å². The number of piperidine rings is 1. The minimum Gasteiger partial charge on any atom is -0.388 e. The number of rotatable bonds is 3. The van der Waals surface area contributed by atoms with E-state index >= 15 is 0 Å². The lowest BCUT2D eigenvalue weighted by Gasteiger charge is -2.41. The molecule has 0 radical (unpaired) electrons. The van der Waals surface area contributed by atoms with Crippen LogP contribution in [0.3, 0.4) is 0 Å². The molecule has 106 valence electrons. The highest BCUT2D eigenvalue weighted by Gasteiger charge is 2.37. The Bertz CT molecular complexity index is 257. The number of nitrogens with two attached hydrogens (primary N) is 1. The third-order valence-electron chi connectivity index (χ3n) is 4.54. The van der Waals surface area contributed by atoms with Crippen molar-refractivity contribution in [1.82, 2.24) is 5.32 Å². The van der Waals surface area contributed by atoms with E-state index < -0.39 is 5.60 Å². The first-order valence-corrected chi connectivity index (χ1v) is 7.34. The quantitative estimate of drug-likeness (QED) is 0.705. The normalized spacial score (nSPS) is 38.3. The van der Waals surface area contributed by atoms with Crippen LogP contribution in [0.1, 0.15) is 46.0 Å². The molecule has 2 aliphatic rings. The van der Waals surface area contributed by atoms with E-state index in [0.29, 0.717) is 18.1 Å². The van der Waals surface area contributed by atoms with E-state index in [1.54, 1.807) is 0 Å². The highest BCUT2D eigenvalue weighted by atomic mass is 16.5. The zero-order valence-corrected chi connectivity index (χ0v) is 11.7. The molecule has 0 spiro atoms. The van der Waals surface area contributed by atoms with Gasteiger partial charge in [-0.1, -0.05) is 0 Å². The molecule has 2 rings (SSSR count). The van der Waals surface area contributed by atoms with Crippen molar-refractivity contribution >= 4 is 0 Å². The Labute approximate surface area is 110 Å². The fraction of sp³-hybridized carbons (Fsp3) is 1.00. The number of aliphatic hydroxyl groups is 1. The van der Waals surface area contributed by atoms with E-state index in [2.05, 4.69) is 19.2 Å². The van der Waals surface area contributed by atoms with Crippen molar-refractivity contribution in [1.29, 1.82) is 0 Å². The van der Waals surface area contributed by atoms with Gasteiger partial charge in [0.05, 0.1) is 17.8 Å². The monoisotopic (exact) mass is 256 g/mol. The minimum absolute atomic E-state index is 0.0953. The average Bonchev–Trinajstić information content (AvgIpc) is 2.28. The van der Waals surface area contributed by atoms with Gasteiger partial charge in [-0.2, -0.15) is 0 Å². The Hall–Kier alpha value is -0.160. The molecule has 2 saturated heterocycles. The molecule has 0 saturated carbocycles. The Balaban J connectivity index is 1.87. The summed E-state index contributed by atoms with van der Waals surface area (Å²) in [6.45, 7) is 6.02. The molecular formula is C14H28N2O2. The summed E-state index contributed by atoms with van der Waals surface area (Å²) in [7, 11) is 0. The summed E-state index contributed by atoms with van der Waals surface area (Å²) in [4.78, 5) is 0. The molecule has 2 heterocycles. The molecule has 0 aromatic carbocycles. The maximum absolute atomic E-state index is 10.6. The molecule has 0 bridgehead atoms. The van der Waals surface area contributed by atoms with Crippen molar-refractivity contribution in [2.75, 3.05) is 13.1 Å². The van der Waals surface area contributed by atoms with Crippen LogP contribution in [0.2, 0.25) is 0 Å². The average molecular weight is 256 g/mol. The predicted molar refractivity (Wildman–Crippen MR) is 72.4 cm³/mol. The second kappa shape index (κ2) is 5.87. The summed E-state index contributed by atoms with van der Waals surface area (Å²) in [5, 5.41) is 13.9. The summed E-state index contributed by atoms with van der Waals surface area (Å²) < 4.78 is 5.76. The van der Waals surface area contributed by atoms with Crippen LogP contribution in [0.15, 0.2) is 0 Å². The third kappa shape index (κ3) is 3.44. The van der Waals surface area contributed by atoms with Crippen molar-refractivity contribution in [2.45, 2.75) is 69.8 Å². The highest BCUT2D eigenvalue weighted by molar-refractivity contribution is 4.94. The van der Waals surface area contributed by atoms with Crippen LogP contribution < -0.4 is 11.1 Å². The Morgan fingerprint density at radius 3 is 2.39 bits per heavy atom. The lowest BCUT2D eigenvalue weighted by Crippen LogP contribution is -2.55. The van der Waals surface area contributed by atoms with E-state index in [1.807, 2.05) is 0 Å². The van der Waals surface area contributed by atoms with Crippen molar-refractivity contribution in [3.05, 3.63) is 0 Å². The van der Waals surface area contributed by atoms with E-state index in [4.69, 9.17) is 10.5 Å². The Kier molecular flexibility index (Phi) is 4.64. The van der Waals surface area contributed by atoms with E-state index in [1.165, 1.54) is 0 Å². The summed E-state index contributed by atoms with van der Waals surface area (Å²) in [5.74, 6) is 0.595. The molecule has 4 N–H and O–H groups in total. The first-order chi connectivity index (χ1) is 8.49. The standard InChI is InChI=1S/C14H28N2O2/c1-10-7-12(8-11(2)18-10)9-13(15)14(17)3-5-16-6-4-14/h10-13,16-17H,3-9,15H2,1-2H3. The first kappa shape index (κ1) is 14.3. The lowest BCUT2D eigenvalue weighted by molar-refractivity contribution is -0.0665. The molecule has 3 atom stereocenters. The number of ether oxygens (including phenoxy) is 1. The summed E-state index contributed by atoms with van der Waals surface area (Å²) in [5.41, 5.74) is 5.63. The maximum atomic E-state index is 10.6. The van der Waals surface area contributed by atoms with E-state index in [9.17, 15) is 5.11 Å². The first-order valence-electron chi connectivity index (χ1n) is 7.34. The Morgan fingerprint density at radius 1 is 1.28 bits per heavy atom. The molecule has 2 fully saturated rings. The smallest absolute Gasteiger partial charge is 0.0822 e. The second-order valence-electron chi connectivity index (χ2n) is 6.29. The molecule has 0 aromatic rings. The molecule has 4 nitrogen and oxygen atoms in total. The highest BCUT2D eigenvalue weighted by Crippen LogP contribution is 2.32. The van der Waals surface area contributed by atoms with Gasteiger partial charge in [-0.25, -0.2) is 0 Å². The van der Waals surface area contributed by atoms with Crippen molar-refractivity contribution in [3.8, 4) is 0 Å². The zero-order valence-electron chi connectivity index (χ0n) is 11.7. The van der Waals surface area contributed by atoms with Gasteiger partial charge in [0.1, 0.15) is 0 Å². The topological polar surface area (TPSA) is 67.5 Å². The third-order valence-corrected chi connectivity index (χ3v) is 4.54. The number of hydrogen-bond acceptors (Lipinski definition) is 4. The van der Waals surface area contributed by atoms with Crippen LogP contribution in [0.5, 0.6) is 0 Å². The van der Waals surface area contributed by atoms with Gasteiger partial charge in [0, 0.05) is 6.04 Å². The summed E-state index contributed by atoms with van der Waals surface area (Å²) >= 11 is 0. The van der Waals surface area contributed by atoms with E-state index in [0.717, 1.165) is 45.2 Å². The second-order valence-corrected chi connectivity index (χ2v) is 6.29. The zero-order chi connectivity index (χ0) is 13.2. The fourth-order valence-corrected chi connectivity index (χ4v) is 3.54. The van der Waals surface area contributed by atoms with Crippen molar-refractivity contribution in [2.24, 2.45) is 11.7 Å². The van der Waals surface area contributed by atoms with Crippen LogP contribution in [-0.4, -0.2) is 42.0 Å². The SMILES string of the molecule is CC1CC(CC(N)C2(O)CCNCC2)CC(C)O1. The number of hydrogen-bond donors (Lipinski definition) is 3. The van der Waals surface area contributed by atoms with Crippen LogP contribution in [0.25, 0.3) is 0 Å². The molecule has 0 aliphatic carbocycles. The molecule has 2 aliphatic heterocycles. The molecular weight excluding hydrogens is 228 g/mol. The van der Waals surface area contributed by atoms with Crippen LogP contribution in [0.4, 0.5) is 0 Å². The van der Waals surface area contributed by atoms with Gasteiger partial charge in [0.25, 0.3) is 0 Å². The van der Waals surface area contributed by atoms with Gasteiger partial charge >= 0.3 is 0 Å². The fourth-order valence-electron chi connectivity index (χ4n) is 3.54. The molecule has 4 heteroatoms. The molecule has 18 heavy (non-hydrogen) atoms. The summed E-state index contributed by atoms with van der Waals surface area (Å²) in [6.07, 6.45) is 5.29. The molecule has 0 aromatic heterocycles. The lowest BCUT2D eigenvalue weighted by atomic mass is 9.78. The van der Waals surface area contributed by atoms with Crippen molar-refractivity contribution < 1.29 is 9.84 Å². The van der Waals surface area contributed by atoms with Crippen LogP contribution in [0, 0.1) is 5.92 Å². The predicted octanol–water partition coefficient (Wildman–Crippen LogP) is 1.02. The van der Waals surface area contributed by atoms with Crippen LogP contribution >= 0.6 is 0 Å².